The Balaban J connectivity index is 1.71. The zero-order valence-corrected chi connectivity index (χ0v) is 21.0. The summed E-state index contributed by atoms with van der Waals surface area (Å²) in [6.07, 6.45) is 2.23. The summed E-state index contributed by atoms with van der Waals surface area (Å²) in [4.78, 5) is 24.5. The van der Waals surface area contributed by atoms with Gasteiger partial charge in [-0.15, -0.1) is 0 Å². The lowest BCUT2D eigenvalue weighted by atomic mass is 10.0. The molecule has 0 unspecified atom stereocenters. The Morgan fingerprint density at radius 3 is 2.66 bits per heavy atom. The van der Waals surface area contributed by atoms with Crippen LogP contribution in [0.15, 0.2) is 33.2 Å². The molecule has 3 N–H and O–H groups in total. The number of aliphatic hydroxyl groups is 1. The second kappa shape index (κ2) is 8.88. The lowest BCUT2D eigenvalue weighted by Gasteiger charge is -2.41. The van der Waals surface area contributed by atoms with Gasteiger partial charge in [0.05, 0.1) is 12.8 Å². The first-order chi connectivity index (χ1) is 15.0. The van der Waals surface area contributed by atoms with Gasteiger partial charge in [0, 0.05) is 11.8 Å². The fraction of sp³-hybridized carbons (Fsp3) is 0.700. The average molecular weight is 486 g/mol. The number of nitrogens with zero attached hydrogens (tertiary/aromatic N) is 3. The van der Waals surface area contributed by atoms with E-state index < -0.39 is 41.5 Å². The van der Waals surface area contributed by atoms with Gasteiger partial charge in [-0.1, -0.05) is 25.9 Å². The third-order valence-corrected chi connectivity index (χ3v) is 11.7. The molecular formula is C20H32N3O7PSi. The molecule has 0 spiro atoms. The molecule has 10 nitrogen and oxygen atoms in total. The van der Waals surface area contributed by atoms with Gasteiger partial charge < -0.3 is 33.4 Å². The van der Waals surface area contributed by atoms with Crippen molar-refractivity contribution >= 4 is 28.8 Å². The van der Waals surface area contributed by atoms with E-state index in [9.17, 15) is 14.9 Å². The molecule has 0 aromatic rings. The molecule has 3 heterocycles. The lowest BCUT2D eigenvalue weighted by molar-refractivity contribution is -0.0773. The zero-order valence-electron chi connectivity index (χ0n) is 19.1. The van der Waals surface area contributed by atoms with Crippen molar-refractivity contribution in [1.82, 2.24) is 5.01 Å². The van der Waals surface area contributed by atoms with Crippen LogP contribution in [0, 0.1) is 0 Å². The van der Waals surface area contributed by atoms with Crippen molar-refractivity contribution < 1.29 is 33.4 Å². The van der Waals surface area contributed by atoms with Crippen molar-refractivity contribution in [2.45, 2.75) is 76.3 Å². The predicted octanol–water partition coefficient (Wildman–Crippen LogP) is 2.35. The quantitative estimate of drug-likeness (QED) is 0.387. The van der Waals surface area contributed by atoms with Crippen molar-refractivity contribution in [3.05, 3.63) is 22.9 Å². The minimum atomic E-state index is -2.67. The average Bonchev–Trinajstić information content (AvgIpc) is 3.17. The van der Waals surface area contributed by atoms with E-state index in [0.717, 1.165) is 24.0 Å². The van der Waals surface area contributed by atoms with Gasteiger partial charge in [-0.3, -0.25) is 0 Å². The molecule has 1 aliphatic carbocycles. The Bertz CT molecular complexity index is 868. The van der Waals surface area contributed by atoms with E-state index in [4.69, 9.17) is 23.6 Å². The number of rotatable bonds is 6. The molecule has 4 aliphatic rings. The third-order valence-electron chi connectivity index (χ3n) is 6.81. The lowest BCUT2D eigenvalue weighted by Crippen LogP contribution is -2.52. The van der Waals surface area contributed by atoms with Gasteiger partial charge in [0.25, 0.3) is 0 Å². The standard InChI is InChI=1S/C20H32N3O7PSi/c1-20(2,3)32(4,5)30-18-17(29-31(25)26)15(10-24)28-19(18)23-9-12-6-7-13-11-27-21-8-14(22-23)16(12)13/h8-9,15,17-19,24-26H,6-7,10-11H2,1-5H3/t15-,17-,18-,19-/m1/s1. The third kappa shape index (κ3) is 4.45. The van der Waals surface area contributed by atoms with Gasteiger partial charge in [-0.25, -0.2) is 5.01 Å². The Morgan fingerprint density at radius 2 is 2.00 bits per heavy atom. The molecule has 4 rings (SSSR count). The molecule has 0 aromatic carbocycles. The van der Waals surface area contributed by atoms with E-state index in [1.165, 1.54) is 5.57 Å². The summed E-state index contributed by atoms with van der Waals surface area (Å²) in [5, 5.41) is 20.3. The van der Waals surface area contributed by atoms with Crippen molar-refractivity contribution in [1.29, 1.82) is 0 Å². The molecule has 0 amide bonds. The monoisotopic (exact) mass is 485 g/mol. The number of allylic oxidation sites excluding steroid dienone is 2. The van der Waals surface area contributed by atoms with Crippen molar-refractivity contribution in [2.24, 2.45) is 10.3 Å². The predicted molar refractivity (Wildman–Crippen MR) is 122 cm³/mol. The molecule has 12 heteroatoms. The molecule has 0 bridgehead atoms. The summed E-state index contributed by atoms with van der Waals surface area (Å²) in [5.74, 6) is 0. The van der Waals surface area contributed by atoms with E-state index in [0.29, 0.717) is 12.3 Å². The Hall–Kier alpha value is -1.17. The highest BCUT2D eigenvalue weighted by atomic mass is 31.2. The summed E-state index contributed by atoms with van der Waals surface area (Å²) in [5.41, 5.74) is 4.06. The van der Waals surface area contributed by atoms with Gasteiger partial charge in [0.15, 0.2) is 14.5 Å². The van der Waals surface area contributed by atoms with E-state index in [-0.39, 0.29) is 11.6 Å². The first-order valence-electron chi connectivity index (χ1n) is 10.8. The van der Waals surface area contributed by atoms with Crippen LogP contribution in [0.4, 0.5) is 0 Å². The van der Waals surface area contributed by atoms with Crippen LogP contribution in [-0.2, 0) is 18.5 Å². The first-order valence-corrected chi connectivity index (χ1v) is 14.8. The van der Waals surface area contributed by atoms with Gasteiger partial charge in [0.2, 0.25) is 0 Å². The second-order valence-electron chi connectivity index (χ2n) is 9.92. The van der Waals surface area contributed by atoms with Crippen LogP contribution < -0.4 is 0 Å². The van der Waals surface area contributed by atoms with Crippen LogP contribution in [-0.4, -0.2) is 77.9 Å². The largest absolute Gasteiger partial charge is 0.406 e. The number of hydrogen-bond acceptors (Lipinski definition) is 10. The highest BCUT2D eigenvalue weighted by Gasteiger charge is 2.53. The SMILES string of the molecule is CC(C)(C)[Si](C)(C)O[C@@H]1[C@H](OP(O)O)[C@@H](CO)O[C@H]1N1C=C2CCC3=C2C(=N1)C=NOC3. The molecule has 0 radical (unpaired) electrons. The molecule has 0 aromatic heterocycles. The van der Waals surface area contributed by atoms with Crippen LogP contribution in [0.1, 0.15) is 33.6 Å². The van der Waals surface area contributed by atoms with Crippen LogP contribution in [0.3, 0.4) is 0 Å². The number of hydrazone groups is 1. The molecule has 178 valence electrons. The molecule has 32 heavy (non-hydrogen) atoms. The molecule has 1 fully saturated rings. The Morgan fingerprint density at radius 1 is 1.25 bits per heavy atom. The van der Waals surface area contributed by atoms with Crippen LogP contribution >= 0.6 is 8.60 Å². The maximum absolute atomic E-state index is 9.95. The highest BCUT2D eigenvalue weighted by Crippen LogP contribution is 2.44. The van der Waals surface area contributed by atoms with Crippen molar-refractivity contribution in [3.8, 4) is 0 Å². The fourth-order valence-electron chi connectivity index (χ4n) is 4.11. The molecule has 4 atom stereocenters. The van der Waals surface area contributed by atoms with Crippen LogP contribution in [0.2, 0.25) is 18.1 Å². The van der Waals surface area contributed by atoms with Crippen LogP contribution in [0.25, 0.3) is 0 Å². The van der Waals surface area contributed by atoms with E-state index in [1.54, 1.807) is 11.2 Å². The zero-order chi connectivity index (χ0) is 23.3. The van der Waals surface area contributed by atoms with Gasteiger partial charge in [-0.2, -0.15) is 5.10 Å². The van der Waals surface area contributed by atoms with E-state index in [2.05, 4.69) is 39.0 Å². The Kier molecular flexibility index (Phi) is 6.65. The summed E-state index contributed by atoms with van der Waals surface area (Å²) >= 11 is 0. The maximum Gasteiger partial charge on any atom is 0.327 e. The topological polar surface area (TPSA) is 126 Å². The van der Waals surface area contributed by atoms with Gasteiger partial charge >= 0.3 is 8.60 Å². The number of oxime groups is 1. The molecule has 0 saturated carbocycles. The minimum absolute atomic E-state index is 0.101. The van der Waals surface area contributed by atoms with E-state index in [1.807, 2.05) is 6.20 Å². The van der Waals surface area contributed by atoms with Crippen molar-refractivity contribution in [2.75, 3.05) is 13.2 Å². The van der Waals surface area contributed by atoms with Gasteiger partial charge in [0.1, 0.15) is 30.6 Å². The maximum atomic E-state index is 9.95. The smallest absolute Gasteiger partial charge is 0.327 e. The summed E-state index contributed by atoms with van der Waals surface area (Å²) in [7, 11) is -4.99. The molecular weight excluding hydrogens is 453 g/mol. The number of aliphatic hydroxyl groups excluding tert-OH is 1. The van der Waals surface area contributed by atoms with Crippen molar-refractivity contribution in [3.63, 3.8) is 0 Å². The summed E-state index contributed by atoms with van der Waals surface area (Å²) in [6, 6.07) is 0. The number of ether oxygens (including phenoxy) is 1. The van der Waals surface area contributed by atoms with Crippen LogP contribution in [0.5, 0.6) is 0 Å². The fourth-order valence-corrected chi connectivity index (χ4v) is 5.87. The number of hydrogen-bond donors (Lipinski definition) is 3. The van der Waals surface area contributed by atoms with Gasteiger partial charge in [-0.05, 0) is 42.1 Å². The molecule has 3 aliphatic heterocycles. The summed E-state index contributed by atoms with van der Waals surface area (Å²) < 4.78 is 18.2. The summed E-state index contributed by atoms with van der Waals surface area (Å²) in [6.45, 7) is 10.7. The normalized spacial score (nSPS) is 30.3. The van der Waals surface area contributed by atoms with E-state index >= 15 is 0 Å². The highest BCUT2D eigenvalue weighted by molar-refractivity contribution is 7.39. The minimum Gasteiger partial charge on any atom is -0.406 e. The first kappa shape index (κ1) is 24.0. The Labute approximate surface area is 190 Å². The second-order valence-corrected chi connectivity index (χ2v) is 15.4. The molecule has 1 saturated heterocycles.